The first-order valence-electron chi connectivity index (χ1n) is 8.59. The second-order valence-electron chi connectivity index (χ2n) is 6.41. The lowest BCUT2D eigenvalue weighted by atomic mass is 9.96. The standard InChI is InChI=1S/C18H23N5O2/c19-16(24)13-23-11-9-21-18(23)15-2-1-10-22(12-15)17(25)4-3-14-5-7-20-8-6-14/h5-9,11,15H,1-4,10,12-13H2,(H2,19,24)/t15-/m1/s1. The Labute approximate surface area is 146 Å². The number of carbonyl (C=O) groups is 2. The van der Waals surface area contributed by atoms with E-state index in [1.807, 2.05) is 17.0 Å². The number of carbonyl (C=O) groups excluding carboxylic acids is 2. The van der Waals surface area contributed by atoms with E-state index in [9.17, 15) is 9.59 Å². The Balaban J connectivity index is 1.60. The van der Waals surface area contributed by atoms with Gasteiger partial charge < -0.3 is 15.2 Å². The summed E-state index contributed by atoms with van der Waals surface area (Å²) in [6.45, 7) is 1.55. The molecule has 3 heterocycles. The third kappa shape index (κ3) is 4.43. The summed E-state index contributed by atoms with van der Waals surface area (Å²) >= 11 is 0. The first kappa shape index (κ1) is 17.1. The minimum atomic E-state index is -0.389. The van der Waals surface area contributed by atoms with Crippen LogP contribution in [-0.4, -0.2) is 44.3 Å². The molecule has 1 fully saturated rings. The molecule has 0 unspecified atom stereocenters. The van der Waals surface area contributed by atoms with E-state index in [1.54, 1.807) is 29.4 Å². The lowest BCUT2D eigenvalue weighted by molar-refractivity contribution is -0.132. The number of imidazole rings is 1. The van der Waals surface area contributed by atoms with Gasteiger partial charge in [-0.3, -0.25) is 14.6 Å². The summed E-state index contributed by atoms with van der Waals surface area (Å²) < 4.78 is 1.79. The van der Waals surface area contributed by atoms with E-state index in [2.05, 4.69) is 9.97 Å². The van der Waals surface area contributed by atoms with E-state index in [4.69, 9.17) is 5.73 Å². The van der Waals surface area contributed by atoms with Crippen LogP contribution in [0.15, 0.2) is 36.9 Å². The highest BCUT2D eigenvalue weighted by molar-refractivity contribution is 5.76. The average Bonchev–Trinajstić information content (AvgIpc) is 3.08. The first-order chi connectivity index (χ1) is 12.1. The molecule has 7 heteroatoms. The summed E-state index contributed by atoms with van der Waals surface area (Å²) in [5.74, 6) is 0.758. The molecule has 2 amide bonds. The average molecular weight is 341 g/mol. The van der Waals surface area contributed by atoms with Gasteiger partial charge in [0.1, 0.15) is 12.4 Å². The van der Waals surface area contributed by atoms with Gasteiger partial charge in [-0.1, -0.05) is 0 Å². The van der Waals surface area contributed by atoms with Crippen molar-refractivity contribution in [2.45, 2.75) is 38.1 Å². The maximum atomic E-state index is 12.6. The summed E-state index contributed by atoms with van der Waals surface area (Å²) in [4.78, 5) is 34.1. The number of rotatable bonds is 6. The van der Waals surface area contributed by atoms with Crippen molar-refractivity contribution >= 4 is 11.8 Å². The quantitative estimate of drug-likeness (QED) is 0.851. The molecular weight excluding hydrogens is 318 g/mol. The Morgan fingerprint density at radius 3 is 2.80 bits per heavy atom. The molecule has 7 nitrogen and oxygen atoms in total. The van der Waals surface area contributed by atoms with E-state index in [0.29, 0.717) is 13.0 Å². The van der Waals surface area contributed by atoms with Crippen LogP contribution in [0.25, 0.3) is 0 Å². The molecule has 1 saturated heterocycles. The number of aromatic nitrogens is 3. The maximum Gasteiger partial charge on any atom is 0.237 e. The van der Waals surface area contributed by atoms with Gasteiger partial charge in [0.25, 0.3) is 0 Å². The molecule has 2 aromatic heterocycles. The molecule has 3 rings (SSSR count). The monoisotopic (exact) mass is 341 g/mol. The van der Waals surface area contributed by atoms with E-state index in [1.165, 1.54) is 0 Å². The van der Waals surface area contributed by atoms with Crippen LogP contribution in [0.4, 0.5) is 0 Å². The Bertz CT molecular complexity index is 728. The highest BCUT2D eigenvalue weighted by Crippen LogP contribution is 2.26. The van der Waals surface area contributed by atoms with Gasteiger partial charge >= 0.3 is 0 Å². The van der Waals surface area contributed by atoms with Crippen molar-refractivity contribution in [1.29, 1.82) is 0 Å². The molecule has 0 saturated carbocycles. The number of amides is 2. The number of piperidine rings is 1. The molecule has 1 aliphatic heterocycles. The number of nitrogens with zero attached hydrogens (tertiary/aromatic N) is 4. The minimum absolute atomic E-state index is 0.127. The van der Waals surface area contributed by atoms with Crippen molar-refractivity contribution in [3.8, 4) is 0 Å². The molecule has 0 spiro atoms. The van der Waals surface area contributed by atoms with E-state index in [-0.39, 0.29) is 24.3 Å². The Kier molecular flexibility index (Phi) is 5.42. The fourth-order valence-electron chi connectivity index (χ4n) is 3.36. The predicted molar refractivity (Wildman–Crippen MR) is 92.5 cm³/mol. The molecule has 2 aromatic rings. The predicted octanol–water partition coefficient (Wildman–Crippen LogP) is 1.10. The van der Waals surface area contributed by atoms with E-state index >= 15 is 0 Å². The number of hydrogen-bond donors (Lipinski definition) is 1. The zero-order valence-electron chi connectivity index (χ0n) is 14.2. The summed E-state index contributed by atoms with van der Waals surface area (Å²) in [5, 5.41) is 0. The van der Waals surface area contributed by atoms with Gasteiger partial charge in [-0.05, 0) is 37.0 Å². The molecular formula is C18H23N5O2. The fraction of sp³-hybridized carbons (Fsp3) is 0.444. The van der Waals surface area contributed by atoms with Crippen molar-refractivity contribution in [2.75, 3.05) is 13.1 Å². The van der Waals surface area contributed by atoms with Crippen LogP contribution in [0.2, 0.25) is 0 Å². The van der Waals surface area contributed by atoms with Crippen molar-refractivity contribution in [3.63, 3.8) is 0 Å². The zero-order valence-corrected chi connectivity index (χ0v) is 14.2. The first-order valence-corrected chi connectivity index (χ1v) is 8.59. The van der Waals surface area contributed by atoms with Crippen LogP contribution in [-0.2, 0) is 22.6 Å². The smallest absolute Gasteiger partial charge is 0.237 e. The van der Waals surface area contributed by atoms with Crippen LogP contribution in [0.3, 0.4) is 0 Å². The lowest BCUT2D eigenvalue weighted by Gasteiger charge is -2.32. The third-order valence-corrected chi connectivity index (χ3v) is 4.59. The highest BCUT2D eigenvalue weighted by Gasteiger charge is 2.27. The molecule has 0 radical (unpaired) electrons. The molecule has 0 bridgehead atoms. The molecule has 25 heavy (non-hydrogen) atoms. The van der Waals surface area contributed by atoms with Gasteiger partial charge in [-0.2, -0.15) is 0 Å². The summed E-state index contributed by atoms with van der Waals surface area (Å²) in [6, 6.07) is 3.87. The van der Waals surface area contributed by atoms with E-state index in [0.717, 1.165) is 37.2 Å². The van der Waals surface area contributed by atoms with Crippen molar-refractivity contribution < 1.29 is 9.59 Å². The topological polar surface area (TPSA) is 94.1 Å². The minimum Gasteiger partial charge on any atom is -0.368 e. The molecule has 132 valence electrons. The van der Waals surface area contributed by atoms with Crippen LogP contribution < -0.4 is 5.73 Å². The zero-order chi connectivity index (χ0) is 17.6. The molecule has 0 aliphatic carbocycles. The Morgan fingerprint density at radius 2 is 2.04 bits per heavy atom. The number of nitrogens with two attached hydrogens (primary N) is 1. The molecule has 2 N–H and O–H groups in total. The summed E-state index contributed by atoms with van der Waals surface area (Å²) in [6.07, 6.45) is 10.1. The van der Waals surface area contributed by atoms with Crippen LogP contribution >= 0.6 is 0 Å². The largest absolute Gasteiger partial charge is 0.368 e. The van der Waals surface area contributed by atoms with Crippen molar-refractivity contribution in [2.24, 2.45) is 5.73 Å². The number of pyridine rings is 1. The normalized spacial score (nSPS) is 17.4. The SMILES string of the molecule is NC(=O)Cn1ccnc1[C@@H]1CCCN(C(=O)CCc2ccncc2)C1. The van der Waals surface area contributed by atoms with Crippen LogP contribution in [0, 0.1) is 0 Å². The number of hydrogen-bond acceptors (Lipinski definition) is 4. The summed E-state index contributed by atoms with van der Waals surface area (Å²) in [5.41, 5.74) is 6.42. The molecule has 1 aliphatic rings. The van der Waals surface area contributed by atoms with Gasteiger partial charge in [0, 0.05) is 50.2 Å². The Morgan fingerprint density at radius 1 is 1.24 bits per heavy atom. The lowest BCUT2D eigenvalue weighted by Crippen LogP contribution is -2.40. The second-order valence-corrected chi connectivity index (χ2v) is 6.41. The second kappa shape index (κ2) is 7.92. The molecule has 1 atom stereocenters. The van der Waals surface area contributed by atoms with Crippen LogP contribution in [0.5, 0.6) is 0 Å². The van der Waals surface area contributed by atoms with Crippen molar-refractivity contribution in [3.05, 3.63) is 48.3 Å². The number of primary amides is 1. The Hall–Kier alpha value is -2.70. The van der Waals surface area contributed by atoms with Crippen molar-refractivity contribution in [1.82, 2.24) is 19.4 Å². The van der Waals surface area contributed by atoms with Crippen LogP contribution in [0.1, 0.15) is 36.6 Å². The summed E-state index contributed by atoms with van der Waals surface area (Å²) in [7, 11) is 0. The van der Waals surface area contributed by atoms with Gasteiger partial charge in [0.15, 0.2) is 0 Å². The molecule has 0 aromatic carbocycles. The van der Waals surface area contributed by atoms with Gasteiger partial charge in [0.2, 0.25) is 11.8 Å². The number of likely N-dealkylation sites (tertiary alicyclic amines) is 1. The third-order valence-electron chi connectivity index (χ3n) is 4.59. The van der Waals surface area contributed by atoms with Gasteiger partial charge in [0.05, 0.1) is 0 Å². The highest BCUT2D eigenvalue weighted by atomic mass is 16.2. The van der Waals surface area contributed by atoms with E-state index < -0.39 is 0 Å². The van der Waals surface area contributed by atoms with Gasteiger partial charge in [-0.25, -0.2) is 4.98 Å². The number of aryl methyl sites for hydroxylation is 1. The van der Waals surface area contributed by atoms with Gasteiger partial charge in [-0.15, -0.1) is 0 Å². The fourth-order valence-corrected chi connectivity index (χ4v) is 3.36. The maximum absolute atomic E-state index is 12.6.